The first-order chi connectivity index (χ1) is 5.43. The number of aromatic nitrogens is 1. The van der Waals surface area contributed by atoms with Crippen LogP contribution in [0, 0.1) is 0 Å². The second-order valence-corrected chi connectivity index (χ2v) is 1.88. The van der Waals surface area contributed by atoms with Crippen LogP contribution in [0.25, 0.3) is 0 Å². The Bertz CT molecular complexity index is 221. The van der Waals surface area contributed by atoms with E-state index in [4.69, 9.17) is 4.74 Å². The van der Waals surface area contributed by atoms with E-state index in [-0.39, 0.29) is 0 Å². The highest BCUT2D eigenvalue weighted by atomic mass is 16.5. The van der Waals surface area contributed by atoms with Crippen molar-refractivity contribution >= 4 is 12.2 Å². The molecule has 0 aliphatic heterocycles. The Balaban J connectivity index is 2.50. The van der Waals surface area contributed by atoms with Gasteiger partial charge in [0.25, 0.3) is 0 Å². The quantitative estimate of drug-likeness (QED) is 0.486. The van der Waals surface area contributed by atoms with Gasteiger partial charge in [-0.05, 0) is 19.1 Å². The number of nitrogens with zero attached hydrogens (tertiary/aromatic N) is 2. The number of hydrogen-bond acceptors (Lipinski definition) is 3. The zero-order chi connectivity index (χ0) is 7.94. The molecule has 0 unspecified atom stereocenters. The van der Waals surface area contributed by atoms with Crippen molar-refractivity contribution in [3.8, 4) is 0 Å². The summed E-state index contributed by atoms with van der Waals surface area (Å²) < 4.78 is 4.91. The standard InChI is InChI=1S/C8H10N2O/c1-2-11-7-10-8-5-3-4-6-9-8/h3-7H,2H2,1H3/b10-7+. The van der Waals surface area contributed by atoms with Crippen LogP contribution in [-0.2, 0) is 4.74 Å². The largest absolute Gasteiger partial charge is 0.483 e. The Kier molecular flexibility index (Phi) is 3.12. The molecule has 0 amide bonds. The predicted octanol–water partition coefficient (Wildman–Crippen LogP) is 1.78. The molecule has 3 heteroatoms. The SMILES string of the molecule is CCO/C=N/c1ccccn1. The fourth-order valence-corrected chi connectivity index (χ4v) is 0.596. The summed E-state index contributed by atoms with van der Waals surface area (Å²) >= 11 is 0. The first-order valence-electron chi connectivity index (χ1n) is 3.48. The lowest BCUT2D eigenvalue weighted by molar-refractivity contribution is 0.344. The van der Waals surface area contributed by atoms with Gasteiger partial charge in [0.15, 0.2) is 12.2 Å². The molecule has 0 aliphatic carbocycles. The van der Waals surface area contributed by atoms with Crippen LogP contribution in [0.15, 0.2) is 29.4 Å². The van der Waals surface area contributed by atoms with Gasteiger partial charge in [0, 0.05) is 6.20 Å². The van der Waals surface area contributed by atoms with Gasteiger partial charge in [-0.1, -0.05) is 6.07 Å². The Morgan fingerprint density at radius 2 is 2.55 bits per heavy atom. The van der Waals surface area contributed by atoms with Gasteiger partial charge < -0.3 is 4.74 Å². The lowest BCUT2D eigenvalue weighted by Crippen LogP contribution is -1.84. The van der Waals surface area contributed by atoms with E-state index in [0.29, 0.717) is 12.4 Å². The van der Waals surface area contributed by atoms with Crippen LogP contribution in [0.3, 0.4) is 0 Å². The van der Waals surface area contributed by atoms with Crippen molar-refractivity contribution in [3.63, 3.8) is 0 Å². The van der Waals surface area contributed by atoms with Crippen LogP contribution < -0.4 is 0 Å². The van der Waals surface area contributed by atoms with Gasteiger partial charge in [0.2, 0.25) is 0 Å². The first-order valence-corrected chi connectivity index (χ1v) is 3.48. The molecule has 1 heterocycles. The molecule has 0 bridgehead atoms. The molecule has 11 heavy (non-hydrogen) atoms. The third-order valence-electron chi connectivity index (χ3n) is 1.08. The summed E-state index contributed by atoms with van der Waals surface area (Å²) in [5, 5.41) is 0. The van der Waals surface area contributed by atoms with Crippen molar-refractivity contribution in [1.29, 1.82) is 0 Å². The van der Waals surface area contributed by atoms with Crippen LogP contribution in [0.2, 0.25) is 0 Å². The molecule has 0 fully saturated rings. The summed E-state index contributed by atoms with van der Waals surface area (Å²) in [5.41, 5.74) is 0. The smallest absolute Gasteiger partial charge is 0.176 e. The third kappa shape index (κ3) is 2.80. The lowest BCUT2D eigenvalue weighted by Gasteiger charge is -1.91. The number of pyridine rings is 1. The Hall–Kier alpha value is -1.38. The minimum Gasteiger partial charge on any atom is -0.483 e. The average molecular weight is 150 g/mol. The maximum atomic E-state index is 4.91. The highest BCUT2D eigenvalue weighted by molar-refractivity contribution is 5.52. The molecule has 0 aliphatic rings. The summed E-state index contributed by atoms with van der Waals surface area (Å²) in [5.74, 6) is 0.668. The maximum absolute atomic E-state index is 4.91. The van der Waals surface area contributed by atoms with E-state index in [0.717, 1.165) is 0 Å². The van der Waals surface area contributed by atoms with Gasteiger partial charge in [0.1, 0.15) is 0 Å². The van der Waals surface area contributed by atoms with Crippen molar-refractivity contribution in [2.75, 3.05) is 6.61 Å². The molecule has 0 saturated heterocycles. The summed E-state index contributed by atoms with van der Waals surface area (Å²) in [7, 11) is 0. The Labute approximate surface area is 65.8 Å². The monoisotopic (exact) mass is 150 g/mol. The Morgan fingerprint density at radius 3 is 3.18 bits per heavy atom. The summed E-state index contributed by atoms with van der Waals surface area (Å²) in [6.07, 6.45) is 3.10. The molecular formula is C8H10N2O. The lowest BCUT2D eigenvalue weighted by atomic mass is 10.5. The van der Waals surface area contributed by atoms with Crippen LogP contribution in [0.4, 0.5) is 5.82 Å². The molecule has 1 aromatic heterocycles. The van der Waals surface area contributed by atoms with Gasteiger partial charge in [-0.15, -0.1) is 0 Å². The normalized spacial score (nSPS) is 10.3. The summed E-state index contributed by atoms with van der Waals surface area (Å²) in [6.45, 7) is 2.54. The molecule has 0 N–H and O–H groups in total. The molecule has 0 atom stereocenters. The zero-order valence-corrected chi connectivity index (χ0v) is 6.40. The zero-order valence-electron chi connectivity index (χ0n) is 6.40. The fourth-order valence-electron chi connectivity index (χ4n) is 0.596. The highest BCUT2D eigenvalue weighted by Crippen LogP contribution is 2.02. The van der Waals surface area contributed by atoms with Gasteiger partial charge in [-0.25, -0.2) is 9.98 Å². The van der Waals surface area contributed by atoms with Crippen LogP contribution in [0.1, 0.15) is 6.92 Å². The van der Waals surface area contributed by atoms with E-state index in [1.807, 2.05) is 25.1 Å². The molecule has 0 saturated carbocycles. The molecule has 0 spiro atoms. The molecule has 58 valence electrons. The molecule has 1 aromatic rings. The number of hydrogen-bond donors (Lipinski definition) is 0. The van der Waals surface area contributed by atoms with Crippen LogP contribution in [-0.4, -0.2) is 18.0 Å². The van der Waals surface area contributed by atoms with Gasteiger partial charge in [-0.2, -0.15) is 0 Å². The van der Waals surface area contributed by atoms with Gasteiger partial charge in [-0.3, -0.25) is 0 Å². The number of aliphatic imine (C=N–C) groups is 1. The topological polar surface area (TPSA) is 34.5 Å². The van der Waals surface area contributed by atoms with E-state index in [9.17, 15) is 0 Å². The van der Waals surface area contributed by atoms with Gasteiger partial charge in [0.05, 0.1) is 6.61 Å². The van der Waals surface area contributed by atoms with E-state index in [2.05, 4.69) is 9.98 Å². The second kappa shape index (κ2) is 4.44. The number of ether oxygens (including phenoxy) is 1. The molecule has 0 aromatic carbocycles. The van der Waals surface area contributed by atoms with Crippen LogP contribution in [0.5, 0.6) is 0 Å². The molecular weight excluding hydrogens is 140 g/mol. The number of rotatable bonds is 3. The minimum atomic E-state index is 0.635. The molecule has 0 radical (unpaired) electrons. The highest BCUT2D eigenvalue weighted by Gasteiger charge is 1.82. The van der Waals surface area contributed by atoms with Crippen molar-refractivity contribution in [3.05, 3.63) is 24.4 Å². The van der Waals surface area contributed by atoms with Crippen molar-refractivity contribution in [2.24, 2.45) is 4.99 Å². The predicted molar refractivity (Wildman–Crippen MR) is 44.0 cm³/mol. The van der Waals surface area contributed by atoms with Crippen molar-refractivity contribution in [2.45, 2.75) is 6.92 Å². The van der Waals surface area contributed by atoms with Crippen LogP contribution >= 0.6 is 0 Å². The van der Waals surface area contributed by atoms with E-state index in [1.165, 1.54) is 6.40 Å². The van der Waals surface area contributed by atoms with Gasteiger partial charge >= 0.3 is 0 Å². The second-order valence-electron chi connectivity index (χ2n) is 1.88. The third-order valence-corrected chi connectivity index (χ3v) is 1.08. The van der Waals surface area contributed by atoms with E-state index >= 15 is 0 Å². The fraction of sp³-hybridized carbons (Fsp3) is 0.250. The van der Waals surface area contributed by atoms with Crippen molar-refractivity contribution < 1.29 is 4.74 Å². The minimum absolute atomic E-state index is 0.635. The van der Waals surface area contributed by atoms with E-state index in [1.54, 1.807) is 6.20 Å². The molecule has 1 rings (SSSR count). The summed E-state index contributed by atoms with van der Waals surface area (Å²) in [4.78, 5) is 7.91. The van der Waals surface area contributed by atoms with E-state index < -0.39 is 0 Å². The Morgan fingerprint density at radius 1 is 1.64 bits per heavy atom. The van der Waals surface area contributed by atoms with Crippen molar-refractivity contribution in [1.82, 2.24) is 4.98 Å². The first kappa shape index (κ1) is 7.72. The maximum Gasteiger partial charge on any atom is 0.176 e. The average Bonchev–Trinajstić information content (AvgIpc) is 2.07. The summed E-state index contributed by atoms with van der Waals surface area (Å²) in [6, 6.07) is 5.54. The molecule has 3 nitrogen and oxygen atoms in total.